The van der Waals surface area contributed by atoms with Gasteiger partial charge in [-0.2, -0.15) is 5.10 Å². The molecule has 2 amide bonds. The molecule has 2 atom stereocenters. The standard InChI is InChI=1S/C19H25N5O4/c1-20-17(12-10-21-23(2)11-12)18(25)22-16-5-6-24(19(16)26)13-7-14(27-3)9-15(8-13)28-4/h7-11,16-17,20H,5-6H2,1-4H3,(H,22,25). The lowest BCUT2D eigenvalue weighted by molar-refractivity contribution is -0.127. The van der Waals surface area contributed by atoms with Crippen LogP contribution in [0.4, 0.5) is 5.69 Å². The molecular formula is C19H25N5O4. The van der Waals surface area contributed by atoms with Crippen LogP contribution >= 0.6 is 0 Å². The van der Waals surface area contributed by atoms with E-state index >= 15 is 0 Å². The van der Waals surface area contributed by atoms with Crippen molar-refractivity contribution >= 4 is 17.5 Å². The molecule has 28 heavy (non-hydrogen) atoms. The third kappa shape index (κ3) is 3.94. The molecular weight excluding hydrogens is 362 g/mol. The number of amides is 2. The lowest BCUT2D eigenvalue weighted by Gasteiger charge is -2.20. The molecule has 1 fully saturated rings. The highest BCUT2D eigenvalue weighted by atomic mass is 16.5. The van der Waals surface area contributed by atoms with Crippen molar-refractivity contribution in [1.82, 2.24) is 20.4 Å². The van der Waals surface area contributed by atoms with Gasteiger partial charge in [0.1, 0.15) is 23.6 Å². The Hall–Kier alpha value is -3.07. The fraction of sp³-hybridized carbons (Fsp3) is 0.421. The Bertz CT molecular complexity index is 844. The summed E-state index contributed by atoms with van der Waals surface area (Å²) in [6, 6.07) is 4.13. The monoisotopic (exact) mass is 387 g/mol. The van der Waals surface area contributed by atoms with Crippen LogP contribution in [0.3, 0.4) is 0 Å². The second-order valence-electron chi connectivity index (χ2n) is 6.58. The van der Waals surface area contributed by atoms with Crippen molar-refractivity contribution in [2.75, 3.05) is 32.7 Å². The van der Waals surface area contributed by atoms with Crippen molar-refractivity contribution in [2.24, 2.45) is 7.05 Å². The van der Waals surface area contributed by atoms with Crippen molar-refractivity contribution < 1.29 is 19.1 Å². The molecule has 9 heteroatoms. The molecule has 0 radical (unpaired) electrons. The van der Waals surface area contributed by atoms with E-state index in [0.29, 0.717) is 30.2 Å². The third-order valence-electron chi connectivity index (χ3n) is 4.78. The van der Waals surface area contributed by atoms with Gasteiger partial charge in [0.05, 0.1) is 26.1 Å². The minimum Gasteiger partial charge on any atom is -0.497 e. The Kier molecular flexibility index (Phi) is 5.84. The number of carbonyl (C=O) groups excluding carboxylic acids is 2. The zero-order valence-corrected chi connectivity index (χ0v) is 16.4. The topological polar surface area (TPSA) is 97.7 Å². The Balaban J connectivity index is 1.72. The van der Waals surface area contributed by atoms with E-state index in [1.165, 1.54) is 0 Å². The molecule has 1 saturated heterocycles. The van der Waals surface area contributed by atoms with E-state index in [1.807, 2.05) is 0 Å². The highest BCUT2D eigenvalue weighted by Crippen LogP contribution is 2.31. The van der Waals surface area contributed by atoms with E-state index in [2.05, 4.69) is 15.7 Å². The van der Waals surface area contributed by atoms with E-state index in [-0.39, 0.29) is 11.8 Å². The minimum atomic E-state index is -0.586. The van der Waals surface area contributed by atoms with Gasteiger partial charge in [0, 0.05) is 43.6 Å². The summed E-state index contributed by atoms with van der Waals surface area (Å²) in [5, 5.41) is 9.92. The summed E-state index contributed by atoms with van der Waals surface area (Å²) in [7, 11) is 6.60. The molecule has 0 spiro atoms. The number of benzene rings is 1. The van der Waals surface area contributed by atoms with E-state index in [4.69, 9.17) is 9.47 Å². The predicted molar refractivity (Wildman–Crippen MR) is 103 cm³/mol. The normalized spacial score (nSPS) is 17.5. The van der Waals surface area contributed by atoms with Crippen molar-refractivity contribution in [2.45, 2.75) is 18.5 Å². The average molecular weight is 387 g/mol. The molecule has 9 nitrogen and oxygen atoms in total. The summed E-state index contributed by atoms with van der Waals surface area (Å²) in [6.45, 7) is 0.497. The van der Waals surface area contributed by atoms with Crippen LogP contribution in [0.15, 0.2) is 30.6 Å². The van der Waals surface area contributed by atoms with Crippen molar-refractivity contribution in [3.8, 4) is 11.5 Å². The minimum absolute atomic E-state index is 0.162. The smallest absolute Gasteiger partial charge is 0.249 e. The van der Waals surface area contributed by atoms with Crippen LogP contribution in [0.5, 0.6) is 11.5 Å². The Morgan fingerprint density at radius 3 is 2.46 bits per heavy atom. The highest BCUT2D eigenvalue weighted by Gasteiger charge is 2.35. The number of anilines is 1. The second-order valence-corrected chi connectivity index (χ2v) is 6.58. The lowest BCUT2D eigenvalue weighted by Crippen LogP contribution is -2.45. The second kappa shape index (κ2) is 8.30. The fourth-order valence-electron chi connectivity index (χ4n) is 3.31. The number of likely N-dealkylation sites (N-methyl/N-ethyl adjacent to an activating group) is 1. The number of nitrogens with zero attached hydrogens (tertiary/aromatic N) is 3. The van der Waals surface area contributed by atoms with Gasteiger partial charge in [-0.05, 0) is 13.5 Å². The van der Waals surface area contributed by atoms with E-state index in [0.717, 1.165) is 5.56 Å². The Morgan fingerprint density at radius 1 is 1.25 bits per heavy atom. The SMILES string of the molecule is CNC(C(=O)NC1CCN(c2cc(OC)cc(OC)c2)C1=O)c1cnn(C)c1. The number of aryl methyl sites for hydroxylation is 1. The number of carbonyl (C=O) groups is 2. The highest BCUT2D eigenvalue weighted by molar-refractivity contribution is 6.02. The van der Waals surface area contributed by atoms with Crippen LogP contribution in [-0.2, 0) is 16.6 Å². The number of aromatic nitrogens is 2. The average Bonchev–Trinajstić information content (AvgIpc) is 3.28. The molecule has 1 aromatic heterocycles. The number of rotatable bonds is 7. The maximum Gasteiger partial charge on any atom is 0.249 e. The summed E-state index contributed by atoms with van der Waals surface area (Å²) >= 11 is 0. The van der Waals surface area contributed by atoms with Crippen LogP contribution in [-0.4, -0.2) is 55.4 Å². The third-order valence-corrected chi connectivity index (χ3v) is 4.78. The number of methoxy groups -OCH3 is 2. The van der Waals surface area contributed by atoms with Gasteiger partial charge < -0.3 is 25.0 Å². The van der Waals surface area contributed by atoms with Gasteiger partial charge in [-0.1, -0.05) is 0 Å². The van der Waals surface area contributed by atoms with E-state index in [1.54, 1.807) is 68.5 Å². The molecule has 0 bridgehead atoms. The van der Waals surface area contributed by atoms with Crippen LogP contribution in [0.2, 0.25) is 0 Å². The maximum absolute atomic E-state index is 12.9. The number of hydrogen-bond donors (Lipinski definition) is 2. The van der Waals surface area contributed by atoms with Gasteiger partial charge in [-0.3, -0.25) is 14.3 Å². The zero-order valence-electron chi connectivity index (χ0n) is 16.4. The maximum atomic E-state index is 12.9. The molecule has 0 aliphatic carbocycles. The van der Waals surface area contributed by atoms with Crippen molar-refractivity contribution in [1.29, 1.82) is 0 Å². The Morgan fingerprint density at radius 2 is 1.93 bits per heavy atom. The number of ether oxygens (including phenoxy) is 2. The molecule has 1 aromatic carbocycles. The van der Waals surface area contributed by atoms with Crippen molar-refractivity contribution in [3.63, 3.8) is 0 Å². The number of hydrogen-bond acceptors (Lipinski definition) is 6. The van der Waals surface area contributed by atoms with Crippen LogP contribution < -0.4 is 25.0 Å². The van der Waals surface area contributed by atoms with Gasteiger partial charge in [-0.25, -0.2) is 0 Å². The molecule has 2 unspecified atom stereocenters. The van der Waals surface area contributed by atoms with E-state index < -0.39 is 12.1 Å². The first-order valence-corrected chi connectivity index (χ1v) is 8.97. The zero-order chi connectivity index (χ0) is 20.3. The van der Waals surface area contributed by atoms with Crippen LogP contribution in [0, 0.1) is 0 Å². The fourth-order valence-corrected chi connectivity index (χ4v) is 3.31. The predicted octanol–water partition coefficient (Wildman–Crippen LogP) is 0.620. The lowest BCUT2D eigenvalue weighted by atomic mass is 10.1. The molecule has 2 aromatic rings. The van der Waals surface area contributed by atoms with Gasteiger partial charge in [-0.15, -0.1) is 0 Å². The van der Waals surface area contributed by atoms with Gasteiger partial charge in [0.25, 0.3) is 0 Å². The molecule has 2 N–H and O–H groups in total. The van der Waals surface area contributed by atoms with Gasteiger partial charge in [0.15, 0.2) is 0 Å². The van der Waals surface area contributed by atoms with Crippen LogP contribution in [0.1, 0.15) is 18.0 Å². The number of nitrogens with one attached hydrogen (secondary N) is 2. The molecule has 2 heterocycles. The van der Waals surface area contributed by atoms with Crippen LogP contribution in [0.25, 0.3) is 0 Å². The Labute approximate surface area is 163 Å². The first-order chi connectivity index (χ1) is 13.5. The largest absolute Gasteiger partial charge is 0.497 e. The molecule has 0 saturated carbocycles. The molecule has 1 aliphatic rings. The summed E-state index contributed by atoms with van der Waals surface area (Å²) in [5.74, 6) is 0.770. The molecule has 150 valence electrons. The molecule has 3 rings (SSSR count). The summed E-state index contributed by atoms with van der Waals surface area (Å²) in [6.07, 6.45) is 3.92. The first kappa shape index (κ1) is 19.7. The van der Waals surface area contributed by atoms with Gasteiger partial charge >= 0.3 is 0 Å². The first-order valence-electron chi connectivity index (χ1n) is 8.97. The molecule has 1 aliphatic heterocycles. The van der Waals surface area contributed by atoms with E-state index in [9.17, 15) is 9.59 Å². The van der Waals surface area contributed by atoms with Crippen molar-refractivity contribution in [3.05, 3.63) is 36.2 Å². The summed E-state index contributed by atoms with van der Waals surface area (Å²) < 4.78 is 12.2. The summed E-state index contributed by atoms with van der Waals surface area (Å²) in [5.41, 5.74) is 1.41. The van der Waals surface area contributed by atoms with Gasteiger partial charge in [0.2, 0.25) is 11.8 Å². The quantitative estimate of drug-likeness (QED) is 0.723. The summed E-state index contributed by atoms with van der Waals surface area (Å²) in [4.78, 5) is 27.2.